The number of carboxylic acid groups (broad SMARTS) is 1. The summed E-state index contributed by atoms with van der Waals surface area (Å²) in [4.78, 5) is 28.1. The first-order valence-electron chi connectivity index (χ1n) is 9.75. The molecule has 4 aromatic carbocycles. The Morgan fingerprint density at radius 1 is 0.774 bits per heavy atom. The highest BCUT2D eigenvalue weighted by Crippen LogP contribution is 2.29. The molecule has 0 saturated carbocycles. The Morgan fingerprint density at radius 3 is 2.35 bits per heavy atom. The van der Waals surface area contributed by atoms with E-state index >= 15 is 0 Å². The van der Waals surface area contributed by atoms with E-state index in [1.807, 2.05) is 48.5 Å². The molecule has 0 amide bonds. The molecule has 0 atom stereocenters. The fourth-order valence-corrected chi connectivity index (χ4v) is 3.71. The third-order valence-corrected chi connectivity index (χ3v) is 5.22. The van der Waals surface area contributed by atoms with Crippen LogP contribution in [-0.4, -0.2) is 21.8 Å². The molecule has 31 heavy (non-hydrogen) atoms. The second kappa shape index (κ2) is 7.46. The lowest BCUT2D eigenvalue weighted by Gasteiger charge is -2.10. The molecular formula is C26H17NO4. The van der Waals surface area contributed by atoms with Gasteiger partial charge in [-0.2, -0.15) is 0 Å². The lowest BCUT2D eigenvalue weighted by Crippen LogP contribution is -2.06. The molecule has 5 rings (SSSR count). The molecule has 5 aromatic rings. The van der Waals surface area contributed by atoms with E-state index in [1.165, 1.54) is 12.1 Å². The van der Waals surface area contributed by atoms with Gasteiger partial charge in [-0.25, -0.2) is 4.79 Å². The van der Waals surface area contributed by atoms with E-state index in [-0.39, 0.29) is 22.7 Å². The van der Waals surface area contributed by atoms with Gasteiger partial charge >= 0.3 is 5.97 Å². The number of ketones is 1. The predicted octanol–water partition coefficient (Wildman–Crippen LogP) is 6.04. The minimum absolute atomic E-state index is 0.0729. The highest BCUT2D eigenvalue weighted by atomic mass is 16.5. The zero-order valence-electron chi connectivity index (χ0n) is 16.3. The Morgan fingerprint density at radius 2 is 1.55 bits per heavy atom. The van der Waals surface area contributed by atoms with Crippen molar-refractivity contribution in [1.29, 1.82) is 0 Å². The number of carbonyl (C=O) groups is 2. The number of aromatic nitrogens is 1. The number of hydrogen-bond acceptors (Lipinski definition) is 3. The number of aromatic amines is 1. The van der Waals surface area contributed by atoms with E-state index in [4.69, 9.17) is 4.74 Å². The van der Waals surface area contributed by atoms with E-state index in [0.29, 0.717) is 11.4 Å². The lowest BCUT2D eigenvalue weighted by atomic mass is 10.0. The number of hydrogen-bond donors (Lipinski definition) is 2. The van der Waals surface area contributed by atoms with Gasteiger partial charge in [0.25, 0.3) is 0 Å². The van der Waals surface area contributed by atoms with Crippen LogP contribution in [-0.2, 0) is 0 Å². The number of benzene rings is 4. The number of rotatable bonds is 5. The van der Waals surface area contributed by atoms with E-state index in [1.54, 1.807) is 30.3 Å². The molecule has 0 aliphatic carbocycles. The molecule has 0 aliphatic rings. The Bertz CT molecular complexity index is 1450. The number of fused-ring (bicyclic) bond motifs is 3. The lowest BCUT2D eigenvalue weighted by molar-refractivity contribution is 0.0694. The summed E-state index contributed by atoms with van der Waals surface area (Å²) in [6.45, 7) is 0. The van der Waals surface area contributed by atoms with Crippen LogP contribution in [0, 0.1) is 0 Å². The monoisotopic (exact) mass is 407 g/mol. The van der Waals surface area contributed by atoms with E-state index in [2.05, 4.69) is 4.98 Å². The van der Waals surface area contributed by atoms with Gasteiger partial charge < -0.3 is 14.8 Å². The summed E-state index contributed by atoms with van der Waals surface area (Å²) in [6.07, 6.45) is 0. The number of carbonyl (C=O) groups excluding carboxylic acids is 1. The topological polar surface area (TPSA) is 79.4 Å². The van der Waals surface area contributed by atoms with Crippen LogP contribution < -0.4 is 4.74 Å². The molecule has 2 N–H and O–H groups in total. The maximum atomic E-state index is 13.1. The highest BCUT2D eigenvalue weighted by molar-refractivity contribution is 6.14. The average molecular weight is 407 g/mol. The fraction of sp³-hybridized carbons (Fsp3) is 0. The summed E-state index contributed by atoms with van der Waals surface area (Å²) in [5.74, 6) is -0.748. The van der Waals surface area contributed by atoms with Crippen molar-refractivity contribution in [2.75, 3.05) is 0 Å². The van der Waals surface area contributed by atoms with Gasteiger partial charge in [0.05, 0.1) is 5.69 Å². The second-order valence-electron chi connectivity index (χ2n) is 7.19. The molecule has 5 nitrogen and oxygen atoms in total. The first-order chi connectivity index (χ1) is 15.1. The van der Waals surface area contributed by atoms with Crippen LogP contribution in [0.5, 0.6) is 11.5 Å². The van der Waals surface area contributed by atoms with E-state index in [0.717, 1.165) is 21.7 Å². The van der Waals surface area contributed by atoms with Gasteiger partial charge in [0.15, 0.2) is 0 Å². The maximum absolute atomic E-state index is 13.1. The van der Waals surface area contributed by atoms with Crippen LogP contribution in [0.1, 0.15) is 26.4 Å². The van der Waals surface area contributed by atoms with E-state index < -0.39 is 5.97 Å². The van der Waals surface area contributed by atoms with Crippen molar-refractivity contribution in [3.8, 4) is 11.5 Å². The molecule has 0 unspecified atom stereocenters. The largest absolute Gasteiger partial charge is 0.478 e. The molecule has 0 aliphatic heterocycles. The standard InChI is InChI=1S/C26H17NO4/c28-25(23-15-20-19-9-5-4-6-16(19)10-12-22(20)27-23)17-11-13-24(21(14-17)26(29)30)31-18-7-2-1-3-8-18/h1-15,27H,(H,29,30). The van der Waals surface area contributed by atoms with Crippen LogP contribution in [0.3, 0.4) is 0 Å². The fourth-order valence-electron chi connectivity index (χ4n) is 3.71. The van der Waals surface area contributed by atoms with Gasteiger partial charge in [-0.05, 0) is 53.2 Å². The number of H-pyrrole nitrogens is 1. The van der Waals surface area contributed by atoms with Gasteiger partial charge in [-0.1, -0.05) is 48.5 Å². The number of nitrogens with one attached hydrogen (secondary N) is 1. The third kappa shape index (κ3) is 3.42. The predicted molar refractivity (Wildman–Crippen MR) is 119 cm³/mol. The van der Waals surface area contributed by atoms with E-state index in [9.17, 15) is 14.7 Å². The van der Waals surface area contributed by atoms with Gasteiger partial charge in [-0.15, -0.1) is 0 Å². The first-order valence-corrected chi connectivity index (χ1v) is 9.75. The Balaban J connectivity index is 1.54. The summed E-state index contributed by atoms with van der Waals surface area (Å²) in [5.41, 5.74) is 1.45. The minimum Gasteiger partial charge on any atom is -0.478 e. The second-order valence-corrected chi connectivity index (χ2v) is 7.19. The van der Waals surface area contributed by atoms with Crippen LogP contribution in [0.2, 0.25) is 0 Å². The van der Waals surface area contributed by atoms with Crippen molar-refractivity contribution in [1.82, 2.24) is 4.98 Å². The maximum Gasteiger partial charge on any atom is 0.339 e. The van der Waals surface area contributed by atoms with Gasteiger partial charge in [0, 0.05) is 16.5 Å². The molecule has 0 spiro atoms. The minimum atomic E-state index is -1.16. The van der Waals surface area contributed by atoms with Crippen molar-refractivity contribution < 1.29 is 19.4 Å². The Labute approximate surface area is 177 Å². The molecular weight excluding hydrogens is 390 g/mol. The van der Waals surface area contributed by atoms with Gasteiger partial charge in [0.1, 0.15) is 17.1 Å². The summed E-state index contributed by atoms with van der Waals surface area (Å²) < 4.78 is 5.71. The van der Waals surface area contributed by atoms with Crippen LogP contribution >= 0.6 is 0 Å². The third-order valence-electron chi connectivity index (χ3n) is 5.22. The number of aromatic carboxylic acids is 1. The first kappa shape index (κ1) is 18.6. The summed E-state index contributed by atoms with van der Waals surface area (Å²) in [7, 11) is 0. The van der Waals surface area contributed by atoms with Crippen molar-refractivity contribution in [3.63, 3.8) is 0 Å². The summed E-state index contributed by atoms with van der Waals surface area (Å²) >= 11 is 0. The summed E-state index contributed by atoms with van der Waals surface area (Å²) in [5, 5.41) is 12.7. The van der Waals surface area contributed by atoms with Crippen molar-refractivity contribution in [2.45, 2.75) is 0 Å². The Hall–Kier alpha value is -4.38. The SMILES string of the molecule is O=C(c1ccc(Oc2ccccc2)c(C(=O)O)c1)c1cc2c(ccc3ccccc32)[nH]1. The number of ether oxygens (including phenoxy) is 1. The van der Waals surface area contributed by atoms with Crippen molar-refractivity contribution in [3.05, 3.63) is 108 Å². The number of para-hydroxylation sites is 1. The molecule has 0 fully saturated rings. The number of carboxylic acids is 1. The molecule has 1 heterocycles. The van der Waals surface area contributed by atoms with Gasteiger partial charge in [-0.3, -0.25) is 4.79 Å². The Kier molecular flexibility index (Phi) is 4.49. The quantitative estimate of drug-likeness (QED) is 0.348. The van der Waals surface area contributed by atoms with Crippen molar-refractivity contribution in [2.24, 2.45) is 0 Å². The van der Waals surface area contributed by atoms with Crippen LogP contribution in [0.15, 0.2) is 91.0 Å². The van der Waals surface area contributed by atoms with Gasteiger partial charge in [0.2, 0.25) is 5.78 Å². The van der Waals surface area contributed by atoms with Crippen LogP contribution in [0.25, 0.3) is 21.7 Å². The zero-order valence-corrected chi connectivity index (χ0v) is 16.3. The molecule has 0 saturated heterocycles. The highest BCUT2D eigenvalue weighted by Gasteiger charge is 2.19. The van der Waals surface area contributed by atoms with Crippen LogP contribution in [0.4, 0.5) is 0 Å². The molecule has 5 heteroatoms. The average Bonchev–Trinajstić information content (AvgIpc) is 3.24. The molecule has 0 bridgehead atoms. The zero-order chi connectivity index (χ0) is 21.4. The molecule has 150 valence electrons. The molecule has 0 radical (unpaired) electrons. The normalized spacial score (nSPS) is 11.0. The summed E-state index contributed by atoms with van der Waals surface area (Å²) in [6, 6.07) is 27.1. The smallest absolute Gasteiger partial charge is 0.339 e. The van der Waals surface area contributed by atoms with Crippen molar-refractivity contribution >= 4 is 33.4 Å². The molecule has 1 aromatic heterocycles.